The smallest absolute Gasteiger partial charge is 0.309 e. The van der Waals surface area contributed by atoms with Crippen LogP contribution in [0, 0.1) is 0 Å². The maximum atomic E-state index is 12.5. The Bertz CT molecular complexity index is 1100. The number of rotatable bonds is 8. The lowest BCUT2D eigenvalue weighted by Crippen LogP contribution is -2.51. The average molecular weight is 475 g/mol. The number of carbonyl (C=O) groups excluding carboxylic acids is 2. The highest BCUT2D eigenvalue weighted by atomic mass is 16.5. The minimum absolute atomic E-state index is 0.101. The van der Waals surface area contributed by atoms with Crippen molar-refractivity contribution < 1.29 is 14.3 Å². The molecule has 0 unspecified atom stereocenters. The predicted octanol–water partition coefficient (Wildman–Crippen LogP) is 1.78. The number of carbonyl (C=O) groups is 2. The first kappa shape index (κ1) is 24.2. The molecule has 182 valence electrons. The number of hydrogen-bond acceptors (Lipinski definition) is 7. The first-order valence-corrected chi connectivity index (χ1v) is 11.6. The van der Waals surface area contributed by atoms with Gasteiger partial charge in [-0.25, -0.2) is 0 Å². The summed E-state index contributed by atoms with van der Waals surface area (Å²) in [5, 5.41) is 5.42. The van der Waals surface area contributed by atoms with Gasteiger partial charge in [-0.05, 0) is 35.9 Å². The summed E-state index contributed by atoms with van der Waals surface area (Å²) in [5.74, 6) is -0.488. The Balaban J connectivity index is 1.36. The van der Waals surface area contributed by atoms with E-state index in [1.165, 1.54) is 0 Å². The number of piperazine rings is 1. The zero-order valence-electron chi connectivity index (χ0n) is 19.8. The number of amides is 2. The molecule has 4 rings (SSSR count). The Morgan fingerprint density at radius 1 is 0.943 bits per heavy atom. The van der Waals surface area contributed by atoms with Crippen molar-refractivity contribution in [3.63, 3.8) is 0 Å². The van der Waals surface area contributed by atoms with Crippen LogP contribution in [0.1, 0.15) is 17.3 Å². The molecule has 2 amide bonds. The summed E-state index contributed by atoms with van der Waals surface area (Å²) in [6.45, 7) is 3.71. The second-order valence-corrected chi connectivity index (χ2v) is 8.21. The lowest BCUT2D eigenvalue weighted by molar-refractivity contribution is -0.139. The number of pyridine rings is 2. The molecule has 35 heavy (non-hydrogen) atoms. The second-order valence-electron chi connectivity index (χ2n) is 8.21. The minimum atomic E-state index is -0.679. The van der Waals surface area contributed by atoms with Gasteiger partial charge in [-0.1, -0.05) is 24.3 Å². The summed E-state index contributed by atoms with van der Waals surface area (Å²) in [7, 11) is 1.68. The molecule has 3 heterocycles. The van der Waals surface area contributed by atoms with Gasteiger partial charge in [0.05, 0.1) is 31.1 Å². The van der Waals surface area contributed by atoms with Crippen molar-refractivity contribution in [2.24, 2.45) is 0 Å². The van der Waals surface area contributed by atoms with Gasteiger partial charge in [-0.15, -0.1) is 0 Å². The van der Waals surface area contributed by atoms with Gasteiger partial charge in [0.15, 0.2) is 0 Å². The topological polar surface area (TPSA) is 99.7 Å². The minimum Gasteiger partial charge on any atom is -0.495 e. The van der Waals surface area contributed by atoms with Crippen LogP contribution in [0.15, 0.2) is 73.2 Å². The third-order valence-corrected chi connectivity index (χ3v) is 6.07. The first-order valence-electron chi connectivity index (χ1n) is 11.6. The van der Waals surface area contributed by atoms with Gasteiger partial charge in [-0.3, -0.25) is 24.5 Å². The van der Waals surface area contributed by atoms with Crippen LogP contribution in [0.25, 0.3) is 0 Å². The first-order chi connectivity index (χ1) is 17.2. The Morgan fingerprint density at radius 2 is 1.71 bits per heavy atom. The number of anilines is 1. The number of nitrogens with zero attached hydrogens (tertiary/aromatic N) is 4. The van der Waals surface area contributed by atoms with Crippen LogP contribution in [-0.2, 0) is 16.1 Å². The zero-order chi connectivity index (χ0) is 24.5. The van der Waals surface area contributed by atoms with E-state index < -0.39 is 11.8 Å². The Morgan fingerprint density at radius 3 is 2.43 bits per heavy atom. The molecule has 0 spiro atoms. The van der Waals surface area contributed by atoms with Gasteiger partial charge in [0.1, 0.15) is 5.75 Å². The Hall–Kier alpha value is -3.98. The maximum Gasteiger partial charge on any atom is 0.309 e. The number of methoxy groups -OCH3 is 1. The molecule has 1 atom stereocenters. The summed E-state index contributed by atoms with van der Waals surface area (Å²) in [5.41, 5.74) is 2.76. The predicted molar refractivity (Wildman–Crippen MR) is 133 cm³/mol. The summed E-state index contributed by atoms with van der Waals surface area (Å²) in [6, 6.07) is 17.2. The third kappa shape index (κ3) is 6.33. The van der Waals surface area contributed by atoms with Crippen molar-refractivity contribution in [3.05, 3.63) is 84.4 Å². The lowest BCUT2D eigenvalue weighted by atomic mass is 10.1. The van der Waals surface area contributed by atoms with Crippen LogP contribution in [-0.4, -0.2) is 66.5 Å². The summed E-state index contributed by atoms with van der Waals surface area (Å²) in [6.07, 6.45) is 5.18. The summed E-state index contributed by atoms with van der Waals surface area (Å²) in [4.78, 5) is 37.8. The van der Waals surface area contributed by atoms with E-state index in [1.54, 1.807) is 31.6 Å². The number of para-hydroxylation sites is 2. The molecule has 2 aromatic heterocycles. The normalized spacial score (nSPS) is 14.7. The van der Waals surface area contributed by atoms with E-state index in [0.29, 0.717) is 12.2 Å². The quantitative estimate of drug-likeness (QED) is 0.480. The molecule has 0 bridgehead atoms. The highest BCUT2D eigenvalue weighted by molar-refractivity contribution is 6.35. The van der Waals surface area contributed by atoms with E-state index in [1.807, 2.05) is 42.6 Å². The van der Waals surface area contributed by atoms with Crippen LogP contribution in [0.4, 0.5) is 5.69 Å². The van der Waals surface area contributed by atoms with Gasteiger partial charge >= 0.3 is 11.8 Å². The van der Waals surface area contributed by atoms with E-state index in [4.69, 9.17) is 4.74 Å². The fourth-order valence-electron chi connectivity index (χ4n) is 4.22. The summed E-state index contributed by atoms with van der Waals surface area (Å²) < 4.78 is 5.52. The highest BCUT2D eigenvalue weighted by Gasteiger charge is 2.27. The second kappa shape index (κ2) is 11.9. The molecular weight excluding hydrogens is 444 g/mol. The molecule has 1 fully saturated rings. The van der Waals surface area contributed by atoms with Gasteiger partial charge in [-0.2, -0.15) is 0 Å². The standard InChI is InChI=1S/C26H30N6O3/c1-35-24-10-3-2-9-22(24)31-13-15-32(16-14-31)23(20-7-6-11-27-17-20)19-30-26(34)25(33)29-18-21-8-4-5-12-28-21/h2-12,17,23H,13-16,18-19H2,1H3,(H,29,33)(H,30,34)/t23-/m0/s1. The van der Waals surface area contributed by atoms with Crippen molar-refractivity contribution in [2.75, 3.05) is 44.7 Å². The van der Waals surface area contributed by atoms with E-state index in [-0.39, 0.29) is 12.6 Å². The van der Waals surface area contributed by atoms with Crippen molar-refractivity contribution >= 4 is 17.5 Å². The highest BCUT2D eigenvalue weighted by Crippen LogP contribution is 2.30. The monoisotopic (exact) mass is 474 g/mol. The number of aromatic nitrogens is 2. The molecule has 0 saturated carbocycles. The molecule has 1 saturated heterocycles. The SMILES string of the molecule is COc1ccccc1N1CCN([C@@H](CNC(=O)C(=O)NCc2ccccn2)c2cccnc2)CC1. The van der Waals surface area contributed by atoms with Crippen LogP contribution < -0.4 is 20.3 Å². The molecule has 9 heteroatoms. The average Bonchev–Trinajstić information content (AvgIpc) is 2.93. The molecule has 3 aromatic rings. The summed E-state index contributed by atoms with van der Waals surface area (Å²) >= 11 is 0. The molecule has 1 aromatic carbocycles. The van der Waals surface area contributed by atoms with Crippen molar-refractivity contribution in [1.82, 2.24) is 25.5 Å². The van der Waals surface area contributed by atoms with Crippen molar-refractivity contribution in [3.8, 4) is 5.75 Å². The lowest BCUT2D eigenvalue weighted by Gasteiger charge is -2.40. The number of benzene rings is 1. The van der Waals surface area contributed by atoms with Crippen molar-refractivity contribution in [1.29, 1.82) is 0 Å². The van der Waals surface area contributed by atoms with Gasteiger partial charge in [0, 0.05) is 51.3 Å². The molecular formula is C26H30N6O3. The third-order valence-electron chi connectivity index (χ3n) is 6.07. The maximum absolute atomic E-state index is 12.5. The van der Waals surface area contributed by atoms with E-state index in [0.717, 1.165) is 43.2 Å². The van der Waals surface area contributed by atoms with Gasteiger partial charge in [0.25, 0.3) is 0 Å². The van der Waals surface area contributed by atoms with Crippen LogP contribution in [0.2, 0.25) is 0 Å². The molecule has 9 nitrogen and oxygen atoms in total. The number of ether oxygens (including phenoxy) is 1. The van der Waals surface area contributed by atoms with Crippen molar-refractivity contribution in [2.45, 2.75) is 12.6 Å². The van der Waals surface area contributed by atoms with E-state index in [2.05, 4.69) is 36.5 Å². The molecule has 0 aliphatic carbocycles. The fourth-order valence-corrected chi connectivity index (χ4v) is 4.22. The fraction of sp³-hybridized carbons (Fsp3) is 0.308. The number of nitrogens with one attached hydrogen (secondary N) is 2. The molecule has 1 aliphatic heterocycles. The molecule has 2 N–H and O–H groups in total. The molecule has 0 radical (unpaired) electrons. The number of hydrogen-bond donors (Lipinski definition) is 2. The zero-order valence-corrected chi connectivity index (χ0v) is 19.8. The van der Waals surface area contributed by atoms with Crippen LogP contribution in [0.5, 0.6) is 5.75 Å². The van der Waals surface area contributed by atoms with Crippen LogP contribution in [0.3, 0.4) is 0 Å². The van der Waals surface area contributed by atoms with E-state index in [9.17, 15) is 9.59 Å². The van der Waals surface area contributed by atoms with Gasteiger partial charge in [0.2, 0.25) is 0 Å². The van der Waals surface area contributed by atoms with Gasteiger partial charge < -0.3 is 20.3 Å². The Labute approximate surface area is 205 Å². The Kier molecular flexibility index (Phi) is 8.24. The van der Waals surface area contributed by atoms with Crippen LogP contribution >= 0.6 is 0 Å². The van der Waals surface area contributed by atoms with E-state index >= 15 is 0 Å². The largest absolute Gasteiger partial charge is 0.495 e. The molecule has 1 aliphatic rings.